The summed E-state index contributed by atoms with van der Waals surface area (Å²) < 4.78 is 5.43. The largest absolute Gasteiger partial charge is 0.379 e. The standard InChI is InChI=1S/C18H25N5OS/c1-4-23(7-5-6-19)17-16-13(2)14(3)25-18(16)21-15(20-17)12-22-8-10-24-11-9-22/h4-5,7-12H2,1-3H3. The minimum absolute atomic E-state index is 0.500. The van der Waals surface area contributed by atoms with E-state index in [0.29, 0.717) is 13.0 Å². The van der Waals surface area contributed by atoms with Crippen LogP contribution in [0.15, 0.2) is 0 Å². The molecule has 1 aliphatic rings. The summed E-state index contributed by atoms with van der Waals surface area (Å²) in [6, 6.07) is 2.25. The number of ether oxygens (including phenoxy) is 1. The van der Waals surface area contributed by atoms with Gasteiger partial charge in [0.1, 0.15) is 16.5 Å². The molecular formula is C18H25N5OS. The maximum absolute atomic E-state index is 8.97. The van der Waals surface area contributed by atoms with E-state index in [1.807, 2.05) is 0 Å². The number of nitrogens with zero attached hydrogens (tertiary/aromatic N) is 5. The van der Waals surface area contributed by atoms with Crippen molar-refractivity contribution in [2.24, 2.45) is 0 Å². The van der Waals surface area contributed by atoms with Crippen LogP contribution in [0.4, 0.5) is 5.82 Å². The van der Waals surface area contributed by atoms with Crippen LogP contribution in [0.25, 0.3) is 10.2 Å². The zero-order valence-electron chi connectivity index (χ0n) is 15.2. The molecule has 1 fully saturated rings. The van der Waals surface area contributed by atoms with Crippen LogP contribution >= 0.6 is 11.3 Å². The van der Waals surface area contributed by atoms with Crippen LogP contribution < -0.4 is 4.90 Å². The molecular weight excluding hydrogens is 334 g/mol. The predicted molar refractivity (Wildman–Crippen MR) is 101 cm³/mol. The fraction of sp³-hybridized carbons (Fsp3) is 0.611. The molecule has 0 amide bonds. The first-order valence-electron chi connectivity index (χ1n) is 8.82. The number of hydrogen-bond acceptors (Lipinski definition) is 7. The first-order valence-corrected chi connectivity index (χ1v) is 9.64. The number of aromatic nitrogens is 2. The van der Waals surface area contributed by atoms with Crippen LogP contribution in [0.2, 0.25) is 0 Å². The van der Waals surface area contributed by atoms with E-state index in [-0.39, 0.29) is 0 Å². The average Bonchev–Trinajstić information content (AvgIpc) is 2.90. The fourth-order valence-electron chi connectivity index (χ4n) is 3.13. The van der Waals surface area contributed by atoms with Crippen molar-refractivity contribution in [1.29, 1.82) is 5.26 Å². The van der Waals surface area contributed by atoms with E-state index >= 15 is 0 Å². The van der Waals surface area contributed by atoms with Gasteiger partial charge in [0, 0.05) is 31.1 Å². The molecule has 1 aliphatic heterocycles. The second kappa shape index (κ2) is 8.09. The topological polar surface area (TPSA) is 65.3 Å². The zero-order chi connectivity index (χ0) is 17.8. The molecule has 3 rings (SSSR count). The Kier molecular flexibility index (Phi) is 5.84. The van der Waals surface area contributed by atoms with Crippen LogP contribution in [-0.4, -0.2) is 54.3 Å². The molecule has 0 saturated carbocycles. The van der Waals surface area contributed by atoms with Crippen LogP contribution in [0.1, 0.15) is 29.6 Å². The van der Waals surface area contributed by atoms with Crippen molar-refractivity contribution in [3.63, 3.8) is 0 Å². The molecule has 0 aromatic carbocycles. The number of rotatable bonds is 6. The average molecular weight is 359 g/mol. The van der Waals surface area contributed by atoms with Gasteiger partial charge in [-0.2, -0.15) is 5.26 Å². The lowest BCUT2D eigenvalue weighted by Gasteiger charge is -2.27. The van der Waals surface area contributed by atoms with Crippen LogP contribution in [-0.2, 0) is 11.3 Å². The summed E-state index contributed by atoms with van der Waals surface area (Å²) in [5.74, 6) is 1.84. The third-order valence-corrected chi connectivity index (χ3v) is 5.80. The molecule has 0 radical (unpaired) electrons. The van der Waals surface area contributed by atoms with Crippen molar-refractivity contribution in [3.05, 3.63) is 16.3 Å². The molecule has 0 spiro atoms. The Morgan fingerprint density at radius 2 is 2.04 bits per heavy atom. The quantitative estimate of drug-likeness (QED) is 0.790. The van der Waals surface area contributed by atoms with Crippen molar-refractivity contribution in [3.8, 4) is 6.07 Å². The van der Waals surface area contributed by atoms with E-state index in [4.69, 9.17) is 20.0 Å². The highest BCUT2D eigenvalue weighted by Crippen LogP contribution is 2.35. The van der Waals surface area contributed by atoms with E-state index in [1.54, 1.807) is 11.3 Å². The van der Waals surface area contributed by atoms with E-state index in [9.17, 15) is 0 Å². The van der Waals surface area contributed by atoms with Crippen molar-refractivity contribution in [2.75, 3.05) is 44.3 Å². The van der Waals surface area contributed by atoms with Gasteiger partial charge >= 0.3 is 0 Å². The van der Waals surface area contributed by atoms with Gasteiger partial charge in [0.25, 0.3) is 0 Å². The van der Waals surface area contributed by atoms with Gasteiger partial charge in [-0.3, -0.25) is 4.90 Å². The van der Waals surface area contributed by atoms with Crippen molar-refractivity contribution in [2.45, 2.75) is 33.7 Å². The van der Waals surface area contributed by atoms with Crippen molar-refractivity contribution < 1.29 is 4.74 Å². The fourth-order valence-corrected chi connectivity index (χ4v) is 4.17. The Morgan fingerprint density at radius 1 is 1.28 bits per heavy atom. The Morgan fingerprint density at radius 3 is 2.72 bits per heavy atom. The first-order chi connectivity index (χ1) is 12.1. The number of hydrogen-bond donors (Lipinski definition) is 0. The molecule has 134 valence electrons. The molecule has 3 heterocycles. The number of fused-ring (bicyclic) bond motifs is 1. The summed E-state index contributed by atoms with van der Waals surface area (Å²) in [5, 5.41) is 10.1. The Labute approximate surface area is 153 Å². The molecule has 0 atom stereocenters. The van der Waals surface area contributed by atoms with Gasteiger partial charge in [0.05, 0.1) is 37.6 Å². The number of anilines is 1. The van der Waals surface area contributed by atoms with E-state index in [0.717, 1.165) is 61.3 Å². The molecule has 6 nitrogen and oxygen atoms in total. The van der Waals surface area contributed by atoms with Crippen LogP contribution in [0.5, 0.6) is 0 Å². The van der Waals surface area contributed by atoms with E-state index in [2.05, 4.69) is 36.6 Å². The summed E-state index contributed by atoms with van der Waals surface area (Å²) >= 11 is 1.73. The maximum atomic E-state index is 8.97. The van der Waals surface area contributed by atoms with Crippen LogP contribution in [0, 0.1) is 25.2 Å². The van der Waals surface area contributed by atoms with Crippen molar-refractivity contribution in [1.82, 2.24) is 14.9 Å². The highest BCUT2D eigenvalue weighted by molar-refractivity contribution is 7.18. The second-order valence-electron chi connectivity index (χ2n) is 6.30. The summed E-state index contributed by atoms with van der Waals surface area (Å²) in [7, 11) is 0. The molecule has 0 bridgehead atoms. The first kappa shape index (κ1) is 18.1. The number of nitriles is 1. The molecule has 2 aromatic heterocycles. The van der Waals surface area contributed by atoms with Gasteiger partial charge in [-0.25, -0.2) is 9.97 Å². The van der Waals surface area contributed by atoms with E-state index in [1.165, 1.54) is 10.4 Å². The summed E-state index contributed by atoms with van der Waals surface area (Å²) in [5.41, 5.74) is 1.25. The zero-order valence-corrected chi connectivity index (χ0v) is 16.0. The lowest BCUT2D eigenvalue weighted by Crippen LogP contribution is -2.36. The molecule has 1 saturated heterocycles. The Bertz CT molecular complexity index is 776. The highest BCUT2D eigenvalue weighted by atomic mass is 32.1. The van der Waals surface area contributed by atoms with Gasteiger partial charge in [-0.15, -0.1) is 11.3 Å². The molecule has 0 N–H and O–H groups in total. The molecule has 0 aliphatic carbocycles. The smallest absolute Gasteiger partial charge is 0.146 e. The van der Waals surface area contributed by atoms with Gasteiger partial charge in [-0.05, 0) is 26.3 Å². The van der Waals surface area contributed by atoms with Crippen molar-refractivity contribution >= 4 is 27.4 Å². The summed E-state index contributed by atoms with van der Waals surface area (Å²) in [6.45, 7) is 12.1. The summed E-state index contributed by atoms with van der Waals surface area (Å²) in [6.07, 6.45) is 0.500. The third kappa shape index (κ3) is 3.92. The molecule has 25 heavy (non-hydrogen) atoms. The number of morpholine rings is 1. The van der Waals surface area contributed by atoms with Gasteiger partial charge < -0.3 is 9.64 Å². The normalized spacial score (nSPS) is 15.4. The lowest BCUT2D eigenvalue weighted by atomic mass is 10.2. The van der Waals surface area contributed by atoms with Gasteiger partial charge in [-0.1, -0.05) is 0 Å². The maximum Gasteiger partial charge on any atom is 0.146 e. The second-order valence-corrected chi connectivity index (χ2v) is 7.51. The SMILES string of the molecule is CCN(CCC#N)c1nc(CN2CCOCC2)nc2sc(C)c(C)c12. The predicted octanol–water partition coefficient (Wildman–Crippen LogP) is 2.88. The molecule has 7 heteroatoms. The minimum atomic E-state index is 0.500. The Balaban J connectivity index is 2.00. The lowest BCUT2D eigenvalue weighted by molar-refractivity contribution is 0.0331. The van der Waals surface area contributed by atoms with Gasteiger partial charge in [0.15, 0.2) is 0 Å². The minimum Gasteiger partial charge on any atom is -0.379 e. The monoisotopic (exact) mass is 359 g/mol. The Hall–Kier alpha value is -1.75. The molecule has 2 aromatic rings. The van der Waals surface area contributed by atoms with Crippen LogP contribution in [0.3, 0.4) is 0 Å². The molecule has 0 unspecified atom stereocenters. The van der Waals surface area contributed by atoms with Gasteiger partial charge in [0.2, 0.25) is 0 Å². The highest BCUT2D eigenvalue weighted by Gasteiger charge is 2.20. The van der Waals surface area contributed by atoms with E-state index < -0.39 is 0 Å². The number of aryl methyl sites for hydroxylation is 2. The summed E-state index contributed by atoms with van der Waals surface area (Å²) in [4.78, 5) is 16.6. The number of thiophene rings is 1. The third-order valence-electron chi connectivity index (χ3n) is 4.70.